The Kier molecular flexibility index (Phi) is 9.44. The van der Waals surface area contributed by atoms with E-state index in [2.05, 4.69) is 17.9 Å². The van der Waals surface area contributed by atoms with Crippen molar-refractivity contribution in [2.75, 3.05) is 19.8 Å². The molecule has 1 heterocycles. The molecule has 5 heteroatoms. The van der Waals surface area contributed by atoms with E-state index in [1.54, 1.807) is 18.0 Å². The summed E-state index contributed by atoms with van der Waals surface area (Å²) < 4.78 is 4.46. The van der Waals surface area contributed by atoms with Crippen LogP contribution >= 0.6 is 0 Å². The molecule has 0 spiro atoms. The van der Waals surface area contributed by atoms with Crippen LogP contribution in [0.2, 0.25) is 0 Å². The molecule has 0 radical (unpaired) electrons. The Bertz CT molecular complexity index is 325. The quantitative estimate of drug-likeness (QED) is 0.622. The van der Waals surface area contributed by atoms with Crippen LogP contribution in [-0.2, 0) is 14.3 Å². The van der Waals surface area contributed by atoms with Gasteiger partial charge in [-0.15, -0.1) is 0 Å². The number of likely N-dealkylation sites (tertiary alicyclic amines) is 1. The minimum absolute atomic E-state index is 0.0473. The number of ether oxygens (including phenoxy) is 1. The van der Waals surface area contributed by atoms with Gasteiger partial charge in [0, 0.05) is 18.5 Å². The first-order chi connectivity index (χ1) is 9.02. The maximum atomic E-state index is 11.1. The summed E-state index contributed by atoms with van der Waals surface area (Å²) in [6.07, 6.45) is 5.68. The summed E-state index contributed by atoms with van der Waals surface area (Å²) in [6.45, 7) is 9.26. The van der Waals surface area contributed by atoms with Crippen LogP contribution < -0.4 is 0 Å². The summed E-state index contributed by atoms with van der Waals surface area (Å²) in [4.78, 5) is 23.3. The van der Waals surface area contributed by atoms with Crippen molar-refractivity contribution in [3.63, 3.8) is 0 Å². The molecule has 19 heavy (non-hydrogen) atoms. The van der Waals surface area contributed by atoms with Crippen LogP contribution in [0.5, 0.6) is 0 Å². The molecule has 1 N–H and O–H groups in total. The maximum Gasteiger partial charge on any atom is 0.333 e. The van der Waals surface area contributed by atoms with Crippen molar-refractivity contribution in [2.24, 2.45) is 0 Å². The molecule has 0 unspecified atom stereocenters. The Morgan fingerprint density at radius 3 is 2.68 bits per heavy atom. The molecule has 1 rings (SSSR count). The van der Waals surface area contributed by atoms with Crippen LogP contribution in [0.1, 0.15) is 32.6 Å². The van der Waals surface area contributed by atoms with Crippen LogP contribution in [0.25, 0.3) is 0 Å². The third kappa shape index (κ3) is 8.15. The molecule has 1 amide bonds. The van der Waals surface area contributed by atoms with Crippen LogP contribution in [0.3, 0.4) is 0 Å². The monoisotopic (exact) mass is 269 g/mol. The van der Waals surface area contributed by atoms with Gasteiger partial charge in [-0.05, 0) is 26.0 Å². The van der Waals surface area contributed by atoms with E-state index in [4.69, 9.17) is 5.11 Å². The van der Waals surface area contributed by atoms with Gasteiger partial charge in [0.15, 0.2) is 0 Å². The van der Waals surface area contributed by atoms with Crippen LogP contribution in [-0.4, -0.2) is 41.6 Å². The van der Waals surface area contributed by atoms with E-state index < -0.39 is 5.97 Å². The molecule has 0 aromatic rings. The Balaban J connectivity index is 0.000000344. The van der Waals surface area contributed by atoms with Gasteiger partial charge >= 0.3 is 5.97 Å². The molecule has 1 aliphatic heterocycles. The zero-order chi connectivity index (χ0) is 14.7. The minimum Gasteiger partial charge on any atom is -0.460 e. The Hall–Kier alpha value is -1.62. The average Bonchev–Trinajstić information content (AvgIpc) is 2.60. The Morgan fingerprint density at radius 2 is 2.16 bits per heavy atom. The average molecular weight is 269 g/mol. The van der Waals surface area contributed by atoms with Gasteiger partial charge < -0.3 is 14.7 Å². The lowest BCUT2D eigenvalue weighted by molar-refractivity contribution is -0.139. The Labute approximate surface area is 114 Å². The van der Waals surface area contributed by atoms with Crippen LogP contribution in [0.4, 0.5) is 0 Å². The number of aliphatic hydroxyl groups is 1. The second-order valence-corrected chi connectivity index (χ2v) is 4.22. The molecule has 5 nitrogen and oxygen atoms in total. The predicted molar refractivity (Wildman–Crippen MR) is 73.2 cm³/mol. The number of hydrogen-bond donors (Lipinski definition) is 1. The standard InChI is InChI=1S/C8H13NO.C6H10O3/c1-2-9-7-5-3-4-6-8(9)10;1-5(2)6(8)9-4-3-7/h2H,1,3-7H2;7H,1,3-4H2,2H3. The van der Waals surface area contributed by atoms with Crippen molar-refractivity contribution >= 4 is 11.9 Å². The molecule has 0 aromatic heterocycles. The summed E-state index contributed by atoms with van der Waals surface area (Å²) in [6, 6.07) is 0. The molecular formula is C14H23NO4. The number of amides is 1. The fraction of sp³-hybridized carbons (Fsp3) is 0.571. The van der Waals surface area contributed by atoms with E-state index in [0.29, 0.717) is 12.0 Å². The first-order valence-electron chi connectivity index (χ1n) is 6.38. The lowest BCUT2D eigenvalue weighted by Gasteiger charge is -2.13. The number of esters is 1. The summed E-state index contributed by atoms with van der Waals surface area (Å²) >= 11 is 0. The van der Waals surface area contributed by atoms with Gasteiger partial charge in [0.1, 0.15) is 6.61 Å². The molecule has 1 saturated heterocycles. The number of carbonyl (C=O) groups is 2. The highest BCUT2D eigenvalue weighted by Gasteiger charge is 2.12. The van der Waals surface area contributed by atoms with Gasteiger partial charge in [0.2, 0.25) is 5.91 Å². The predicted octanol–water partition coefficient (Wildman–Crippen LogP) is 1.63. The largest absolute Gasteiger partial charge is 0.460 e. The molecule has 0 bridgehead atoms. The van der Waals surface area contributed by atoms with Crippen molar-refractivity contribution in [3.8, 4) is 0 Å². The highest BCUT2D eigenvalue weighted by Crippen LogP contribution is 2.10. The third-order valence-corrected chi connectivity index (χ3v) is 2.50. The first-order valence-corrected chi connectivity index (χ1v) is 6.38. The first kappa shape index (κ1) is 17.4. The number of nitrogens with zero attached hydrogens (tertiary/aromatic N) is 1. The molecule has 0 aromatic carbocycles. The molecular weight excluding hydrogens is 246 g/mol. The van der Waals surface area contributed by atoms with E-state index in [9.17, 15) is 9.59 Å². The summed E-state index contributed by atoms with van der Waals surface area (Å²) in [5.74, 6) is -0.225. The van der Waals surface area contributed by atoms with Gasteiger partial charge in [-0.1, -0.05) is 19.6 Å². The zero-order valence-corrected chi connectivity index (χ0v) is 11.6. The molecule has 1 fully saturated rings. The van der Waals surface area contributed by atoms with E-state index in [0.717, 1.165) is 19.4 Å². The summed E-state index contributed by atoms with van der Waals surface area (Å²) in [5, 5.41) is 8.19. The highest BCUT2D eigenvalue weighted by molar-refractivity contribution is 5.86. The van der Waals surface area contributed by atoms with Gasteiger partial charge in [-0.25, -0.2) is 4.79 Å². The van der Waals surface area contributed by atoms with Crippen molar-refractivity contribution in [1.82, 2.24) is 4.90 Å². The lowest BCUT2D eigenvalue weighted by Crippen LogP contribution is -2.23. The second-order valence-electron chi connectivity index (χ2n) is 4.22. The van der Waals surface area contributed by atoms with Gasteiger partial charge in [0.25, 0.3) is 0 Å². The van der Waals surface area contributed by atoms with Crippen molar-refractivity contribution in [3.05, 3.63) is 24.9 Å². The molecule has 108 valence electrons. The summed E-state index contributed by atoms with van der Waals surface area (Å²) in [5.41, 5.74) is 0.350. The number of aliphatic hydroxyl groups excluding tert-OH is 1. The maximum absolute atomic E-state index is 11.1. The zero-order valence-electron chi connectivity index (χ0n) is 11.6. The smallest absolute Gasteiger partial charge is 0.333 e. The third-order valence-electron chi connectivity index (χ3n) is 2.50. The molecule has 0 atom stereocenters. The van der Waals surface area contributed by atoms with Gasteiger partial charge in [-0.2, -0.15) is 0 Å². The van der Waals surface area contributed by atoms with E-state index in [1.165, 1.54) is 6.42 Å². The lowest BCUT2D eigenvalue weighted by atomic mass is 10.2. The SMILES string of the molecule is C=C(C)C(=O)OCCO.C=CN1CCCCCC1=O. The molecule has 0 aliphatic carbocycles. The van der Waals surface area contributed by atoms with Crippen LogP contribution in [0, 0.1) is 0 Å². The fourth-order valence-corrected chi connectivity index (χ4v) is 1.46. The van der Waals surface area contributed by atoms with Crippen LogP contribution in [0.15, 0.2) is 24.9 Å². The van der Waals surface area contributed by atoms with Gasteiger partial charge in [-0.3, -0.25) is 4.79 Å². The Morgan fingerprint density at radius 1 is 1.47 bits per heavy atom. The number of hydrogen-bond acceptors (Lipinski definition) is 4. The topological polar surface area (TPSA) is 66.8 Å². The molecule has 1 aliphatic rings. The van der Waals surface area contributed by atoms with E-state index in [1.807, 2.05) is 0 Å². The van der Waals surface area contributed by atoms with Crippen molar-refractivity contribution in [2.45, 2.75) is 32.6 Å². The number of carbonyl (C=O) groups excluding carboxylic acids is 2. The van der Waals surface area contributed by atoms with E-state index >= 15 is 0 Å². The molecule has 0 saturated carbocycles. The van der Waals surface area contributed by atoms with Crippen molar-refractivity contribution < 1.29 is 19.4 Å². The highest BCUT2D eigenvalue weighted by atomic mass is 16.5. The number of rotatable bonds is 4. The fourth-order valence-electron chi connectivity index (χ4n) is 1.46. The van der Waals surface area contributed by atoms with Gasteiger partial charge in [0.05, 0.1) is 6.61 Å². The minimum atomic E-state index is -0.455. The second kappa shape index (κ2) is 10.3. The van der Waals surface area contributed by atoms with E-state index in [-0.39, 0.29) is 19.1 Å². The summed E-state index contributed by atoms with van der Waals surface area (Å²) in [7, 11) is 0. The normalized spacial score (nSPS) is 14.8. The van der Waals surface area contributed by atoms with Crippen molar-refractivity contribution in [1.29, 1.82) is 0 Å².